The summed E-state index contributed by atoms with van der Waals surface area (Å²) < 4.78 is 5.90. The Morgan fingerprint density at radius 2 is 1.27 bits per heavy atom. The molecule has 7 rings (SSSR count). The summed E-state index contributed by atoms with van der Waals surface area (Å²) in [6, 6.07) is 34.8. The number of benzene rings is 4. The van der Waals surface area contributed by atoms with Gasteiger partial charge in [0.1, 0.15) is 0 Å². The molecule has 6 aromatic rings. The molecule has 0 atom stereocenters. The number of unbranched alkanes of at least 4 members (excludes halogenated alkanes) is 3. The molecule has 60 heavy (non-hydrogen) atoms. The van der Waals surface area contributed by atoms with Gasteiger partial charge in [0.25, 0.3) is 0 Å². The Bertz CT molecular complexity index is 2240. The number of hydrogen-bond acceptors (Lipinski definition) is 1. The first-order valence-electron chi connectivity index (χ1n) is 21.9. The maximum absolute atomic E-state index is 5.90. The van der Waals surface area contributed by atoms with Crippen molar-refractivity contribution in [2.75, 3.05) is 6.61 Å². The molecule has 3 heteroatoms. The normalized spacial score (nSPS) is 12.6. The fraction of sp³-hybridized carbons (Fsp3) is 0.439. The zero-order valence-electron chi connectivity index (χ0n) is 40.0. The molecule has 1 aliphatic carbocycles. The van der Waals surface area contributed by atoms with Crippen LogP contribution in [0.5, 0.6) is 0 Å². The van der Waals surface area contributed by atoms with Gasteiger partial charge >= 0.3 is 30.2 Å². The Kier molecular flexibility index (Phi) is 18.9. The summed E-state index contributed by atoms with van der Waals surface area (Å²) in [5, 5.41) is 5.72. The number of ether oxygens (including phenoxy) is 1. The Morgan fingerprint density at radius 1 is 0.683 bits per heavy atom. The van der Waals surface area contributed by atoms with Crippen LogP contribution in [0.2, 0.25) is 0 Å². The molecule has 0 aromatic heterocycles. The van der Waals surface area contributed by atoms with Crippen molar-refractivity contribution in [2.45, 2.75) is 157 Å². The molecule has 1 aliphatic rings. The van der Waals surface area contributed by atoms with Crippen LogP contribution in [0.1, 0.15) is 153 Å². The van der Waals surface area contributed by atoms with Crippen molar-refractivity contribution in [3.05, 3.63) is 145 Å². The molecule has 2 radical (unpaired) electrons. The standard InChI is InChI=1S/C33H45O.C22H25.2CH3.Si.Zr/c1-23-21-26-22-25-13-12-15-29(25)30(24-16-18-27(19-17-24)32(2,3)4)31(26)28(23)14-10-8-9-11-20-34-33(5,6)7;1-15(2)18-13-17-7-6-8-20(21(17)14-18)16-9-11-19(12-10-16)22(3,4)5;;;;/h16-19,21-22H,8-15,20H2,1-7H3;6-15H,1-5H3;2*1H3;;/q4*-1;;. The molecular formula is C57H76OSiZr-4. The predicted octanol–water partition coefficient (Wildman–Crippen LogP) is 16.4. The van der Waals surface area contributed by atoms with Crippen molar-refractivity contribution < 1.29 is 28.1 Å². The molecule has 0 saturated carbocycles. The summed E-state index contributed by atoms with van der Waals surface area (Å²) in [5.41, 5.74) is 16.4. The van der Waals surface area contributed by atoms with Crippen LogP contribution in [0.4, 0.5) is 0 Å². The first kappa shape index (κ1) is 51.5. The number of fused-ring (bicyclic) bond motifs is 3. The third-order valence-corrected chi connectivity index (χ3v) is 12.0. The molecule has 0 N–H and O–H groups in total. The number of aryl methyl sites for hydroxylation is 3. The fourth-order valence-corrected chi connectivity index (χ4v) is 8.63. The van der Waals surface area contributed by atoms with E-state index in [0.717, 1.165) is 13.0 Å². The van der Waals surface area contributed by atoms with Crippen LogP contribution in [0, 0.1) is 21.8 Å². The predicted molar refractivity (Wildman–Crippen MR) is 265 cm³/mol. The molecule has 0 unspecified atom stereocenters. The minimum atomic E-state index is -0.0208. The summed E-state index contributed by atoms with van der Waals surface area (Å²) in [5.74, 6) is 0.573. The molecule has 0 spiro atoms. The van der Waals surface area contributed by atoms with Gasteiger partial charge in [-0.3, -0.25) is 0 Å². The van der Waals surface area contributed by atoms with Crippen molar-refractivity contribution in [1.82, 2.24) is 0 Å². The summed E-state index contributed by atoms with van der Waals surface area (Å²) in [6.07, 6.45) is 9.88. The average molecular weight is 897 g/mol. The molecule has 322 valence electrons. The van der Waals surface area contributed by atoms with Gasteiger partial charge in [-0.1, -0.05) is 165 Å². The second kappa shape index (κ2) is 22.0. The first-order chi connectivity index (χ1) is 27.4. The minimum absolute atomic E-state index is 0. The summed E-state index contributed by atoms with van der Waals surface area (Å²) in [7, 11) is 0. The van der Waals surface area contributed by atoms with Crippen LogP contribution in [0.25, 0.3) is 43.8 Å². The van der Waals surface area contributed by atoms with Gasteiger partial charge in [0, 0.05) is 6.61 Å². The van der Waals surface area contributed by atoms with Gasteiger partial charge in [-0.2, -0.15) is 6.07 Å². The Hall–Kier alpha value is -2.84. The second-order valence-corrected chi connectivity index (χ2v) is 20.0. The van der Waals surface area contributed by atoms with Crippen molar-refractivity contribution in [3.63, 3.8) is 0 Å². The van der Waals surface area contributed by atoms with E-state index in [1.54, 1.807) is 16.7 Å². The Morgan fingerprint density at radius 3 is 1.83 bits per heavy atom. The summed E-state index contributed by atoms with van der Waals surface area (Å²) in [6.45, 7) is 30.9. The van der Waals surface area contributed by atoms with E-state index in [4.69, 9.17) is 4.74 Å². The van der Waals surface area contributed by atoms with E-state index < -0.39 is 0 Å². The van der Waals surface area contributed by atoms with Crippen LogP contribution >= 0.6 is 0 Å². The van der Waals surface area contributed by atoms with Gasteiger partial charge in [0.15, 0.2) is 0 Å². The van der Waals surface area contributed by atoms with E-state index in [1.807, 2.05) is 0 Å². The average Bonchev–Trinajstić information content (AvgIpc) is 3.90. The van der Waals surface area contributed by atoms with Crippen molar-refractivity contribution in [1.29, 1.82) is 0 Å². The molecule has 0 fully saturated rings. The molecule has 1 nitrogen and oxygen atoms in total. The van der Waals surface area contributed by atoms with E-state index in [0.29, 0.717) is 5.92 Å². The van der Waals surface area contributed by atoms with Gasteiger partial charge in [-0.15, -0.1) is 68.6 Å². The van der Waals surface area contributed by atoms with Crippen LogP contribution in [-0.2, 0) is 58.2 Å². The monoisotopic (exact) mass is 894 g/mol. The quantitative estimate of drug-likeness (QED) is 0.0756. The zero-order chi connectivity index (χ0) is 42.4. The molecular weight excluding hydrogens is 820 g/mol. The van der Waals surface area contributed by atoms with Gasteiger partial charge in [-0.05, 0) is 85.5 Å². The number of rotatable bonds is 10. The van der Waals surface area contributed by atoms with Crippen LogP contribution < -0.4 is 0 Å². The van der Waals surface area contributed by atoms with E-state index in [2.05, 4.69) is 181 Å². The molecule has 0 saturated heterocycles. The van der Waals surface area contributed by atoms with Gasteiger partial charge in [0.05, 0.1) is 5.60 Å². The molecule has 0 bridgehead atoms. The Balaban J connectivity index is 0.000000321. The summed E-state index contributed by atoms with van der Waals surface area (Å²) in [4.78, 5) is 0. The third kappa shape index (κ3) is 12.9. The van der Waals surface area contributed by atoms with E-state index in [-0.39, 0.29) is 31.3 Å². The maximum atomic E-state index is 5.90. The van der Waals surface area contributed by atoms with E-state index in [9.17, 15) is 0 Å². The summed E-state index contributed by atoms with van der Waals surface area (Å²) >= 11 is 1.36. The van der Waals surface area contributed by atoms with E-state index in [1.165, 1.54) is 134 Å². The van der Waals surface area contributed by atoms with Crippen LogP contribution in [0.15, 0.2) is 91.0 Å². The molecule has 0 aliphatic heterocycles. The van der Waals surface area contributed by atoms with Crippen molar-refractivity contribution in [3.8, 4) is 22.3 Å². The fourth-order valence-electron chi connectivity index (χ4n) is 8.63. The molecule has 0 heterocycles. The molecule has 0 amide bonds. The topological polar surface area (TPSA) is 9.23 Å². The third-order valence-electron chi connectivity index (χ3n) is 12.0. The zero-order valence-corrected chi connectivity index (χ0v) is 43.5. The number of hydrogen-bond donors (Lipinski definition) is 0. The first-order valence-corrected chi connectivity index (χ1v) is 26.1. The van der Waals surface area contributed by atoms with Crippen LogP contribution in [-0.4, -0.2) is 19.1 Å². The van der Waals surface area contributed by atoms with Gasteiger partial charge in [-0.25, -0.2) is 0 Å². The van der Waals surface area contributed by atoms with Gasteiger partial charge < -0.3 is 19.6 Å². The molecule has 6 aromatic carbocycles. The second-order valence-electron chi connectivity index (χ2n) is 20.0. The van der Waals surface area contributed by atoms with Crippen molar-refractivity contribution >= 4 is 28.4 Å². The van der Waals surface area contributed by atoms with Crippen LogP contribution in [0.3, 0.4) is 0 Å². The SMILES string of the molecule is CC(C)c1cc2c(-c3ccc(C(C)(C)C)cc3)cccc2[cH-]1.Cc1[cH-]c2cc3c(c(-c4ccc(C(C)(C)C)cc4)c2c1CCCCCCOC(C)(C)C)CCC3.[CH3-].[CH3-].[Si]=[Zr]. The van der Waals surface area contributed by atoms with Gasteiger partial charge in [0.2, 0.25) is 0 Å². The van der Waals surface area contributed by atoms with E-state index >= 15 is 0 Å². The Labute approximate surface area is 384 Å². The van der Waals surface area contributed by atoms with Crippen molar-refractivity contribution in [2.24, 2.45) is 0 Å².